The number of nitrogens with zero attached hydrogens (tertiary/aromatic N) is 2. The second-order valence-electron chi connectivity index (χ2n) is 8.08. The van der Waals surface area contributed by atoms with Crippen LogP contribution in [0, 0.1) is 0 Å². The summed E-state index contributed by atoms with van der Waals surface area (Å²) in [5.41, 5.74) is 2.01. The average Bonchev–Trinajstić information content (AvgIpc) is 3.48. The largest absolute Gasteiger partial charge is 0.494 e. The number of thioether (sulfide) groups is 1. The molecular weight excluding hydrogens is 438 g/mol. The molecule has 0 spiro atoms. The van der Waals surface area contributed by atoms with Gasteiger partial charge < -0.3 is 14.5 Å². The Labute approximate surface area is 195 Å². The van der Waals surface area contributed by atoms with E-state index < -0.39 is 0 Å². The first-order chi connectivity index (χ1) is 16.1. The van der Waals surface area contributed by atoms with Crippen molar-refractivity contribution in [2.24, 2.45) is 0 Å². The van der Waals surface area contributed by atoms with Gasteiger partial charge in [0.25, 0.3) is 5.56 Å². The molecule has 1 saturated carbocycles. The van der Waals surface area contributed by atoms with Crippen LogP contribution < -0.4 is 15.6 Å². The topological polar surface area (TPSA) is 86.4 Å². The van der Waals surface area contributed by atoms with Crippen LogP contribution in [-0.2, 0) is 4.79 Å². The van der Waals surface area contributed by atoms with Crippen molar-refractivity contribution in [1.29, 1.82) is 0 Å². The van der Waals surface area contributed by atoms with E-state index in [4.69, 9.17) is 14.1 Å². The molecule has 0 atom stereocenters. The summed E-state index contributed by atoms with van der Waals surface area (Å²) in [6, 6.07) is 14.9. The van der Waals surface area contributed by atoms with Crippen molar-refractivity contribution >= 4 is 45.4 Å². The molecule has 5 rings (SSSR count). The molecule has 33 heavy (non-hydrogen) atoms. The molecule has 8 heteroatoms. The normalized spacial score (nSPS) is 14.2. The highest BCUT2D eigenvalue weighted by atomic mass is 32.2. The minimum absolute atomic E-state index is 0.0827. The molecule has 0 bridgehead atoms. The molecule has 7 nitrogen and oxygen atoms in total. The number of anilines is 1. The van der Waals surface area contributed by atoms with E-state index in [2.05, 4.69) is 5.32 Å². The quantitative estimate of drug-likeness (QED) is 0.292. The Morgan fingerprint density at radius 3 is 2.70 bits per heavy atom. The lowest BCUT2D eigenvalue weighted by atomic mass is 10.2. The lowest BCUT2D eigenvalue weighted by Gasteiger charge is -2.17. The molecule has 0 unspecified atom stereocenters. The van der Waals surface area contributed by atoms with E-state index in [1.165, 1.54) is 11.8 Å². The Balaban J connectivity index is 1.42. The minimum Gasteiger partial charge on any atom is -0.494 e. The van der Waals surface area contributed by atoms with E-state index >= 15 is 0 Å². The predicted molar refractivity (Wildman–Crippen MR) is 130 cm³/mol. The summed E-state index contributed by atoms with van der Waals surface area (Å²) >= 11 is 1.29. The maximum atomic E-state index is 13.4. The second kappa shape index (κ2) is 9.31. The van der Waals surface area contributed by atoms with E-state index in [0.717, 1.165) is 36.8 Å². The first kappa shape index (κ1) is 21.6. The molecule has 2 aromatic heterocycles. The van der Waals surface area contributed by atoms with Crippen molar-refractivity contribution in [3.63, 3.8) is 0 Å². The first-order valence-electron chi connectivity index (χ1n) is 11.2. The number of furan rings is 1. The number of rotatable bonds is 7. The minimum atomic E-state index is -0.169. The third kappa shape index (κ3) is 4.35. The lowest BCUT2D eigenvalue weighted by molar-refractivity contribution is -0.113. The molecule has 2 aromatic carbocycles. The van der Waals surface area contributed by atoms with Crippen molar-refractivity contribution in [3.05, 3.63) is 58.9 Å². The van der Waals surface area contributed by atoms with Crippen molar-refractivity contribution in [3.8, 4) is 5.75 Å². The molecule has 0 saturated heterocycles. The standard InChI is InChI=1S/C25H25N3O4S/c1-2-31-18-13-11-16(12-14-18)26-21(29)15-33-25-27-22-19-9-5-6-10-20(19)32-23(22)24(30)28(25)17-7-3-4-8-17/h5-6,9-14,17H,2-4,7-8,15H2,1H3,(H,26,29). The van der Waals surface area contributed by atoms with E-state index in [1.807, 2.05) is 55.5 Å². The summed E-state index contributed by atoms with van der Waals surface area (Å²) in [7, 11) is 0. The van der Waals surface area contributed by atoms with Gasteiger partial charge in [0.15, 0.2) is 5.16 Å². The van der Waals surface area contributed by atoms with Gasteiger partial charge >= 0.3 is 0 Å². The van der Waals surface area contributed by atoms with Crippen LogP contribution in [0.1, 0.15) is 38.6 Å². The molecule has 1 N–H and O–H groups in total. The first-order valence-corrected chi connectivity index (χ1v) is 12.2. The number of carbonyl (C=O) groups is 1. The van der Waals surface area contributed by atoms with Gasteiger partial charge in [-0.1, -0.05) is 36.7 Å². The van der Waals surface area contributed by atoms with Crippen LogP contribution in [0.15, 0.2) is 62.9 Å². The molecule has 0 radical (unpaired) electrons. The molecule has 4 aromatic rings. The number of hydrogen-bond donors (Lipinski definition) is 1. The van der Waals surface area contributed by atoms with E-state index in [1.54, 1.807) is 4.57 Å². The number of nitrogens with one attached hydrogen (secondary N) is 1. The number of fused-ring (bicyclic) bond motifs is 3. The van der Waals surface area contributed by atoms with Gasteiger partial charge in [0.2, 0.25) is 11.5 Å². The summed E-state index contributed by atoms with van der Waals surface area (Å²) < 4.78 is 13.1. The number of hydrogen-bond acceptors (Lipinski definition) is 6. The maximum absolute atomic E-state index is 13.4. The van der Waals surface area contributed by atoms with Crippen molar-refractivity contribution in [1.82, 2.24) is 9.55 Å². The number of ether oxygens (including phenoxy) is 1. The van der Waals surface area contributed by atoms with Crippen LogP contribution in [0.3, 0.4) is 0 Å². The highest BCUT2D eigenvalue weighted by Gasteiger charge is 2.25. The van der Waals surface area contributed by atoms with Gasteiger partial charge in [0.1, 0.15) is 16.8 Å². The summed E-state index contributed by atoms with van der Waals surface area (Å²) in [6.07, 6.45) is 4.02. The third-order valence-electron chi connectivity index (χ3n) is 5.87. The zero-order valence-electron chi connectivity index (χ0n) is 18.4. The fraction of sp³-hybridized carbons (Fsp3) is 0.320. The van der Waals surface area contributed by atoms with E-state index in [9.17, 15) is 9.59 Å². The Morgan fingerprint density at radius 2 is 1.94 bits per heavy atom. The van der Waals surface area contributed by atoms with Crippen molar-refractivity contribution < 1.29 is 13.9 Å². The molecular formula is C25H25N3O4S. The zero-order chi connectivity index (χ0) is 22.8. The fourth-order valence-corrected chi connectivity index (χ4v) is 5.21. The number of aromatic nitrogens is 2. The summed E-state index contributed by atoms with van der Waals surface area (Å²) in [4.78, 5) is 30.9. The zero-order valence-corrected chi connectivity index (χ0v) is 19.2. The number of carbonyl (C=O) groups excluding carboxylic acids is 1. The van der Waals surface area contributed by atoms with Crippen LogP contribution in [-0.4, -0.2) is 27.8 Å². The van der Waals surface area contributed by atoms with Crippen LogP contribution in [0.4, 0.5) is 5.69 Å². The summed E-state index contributed by atoms with van der Waals surface area (Å²) in [5.74, 6) is 0.747. The fourth-order valence-electron chi connectivity index (χ4n) is 4.35. The van der Waals surface area contributed by atoms with E-state index in [0.29, 0.717) is 28.6 Å². The number of amides is 1. The molecule has 170 valence electrons. The Kier molecular flexibility index (Phi) is 6.09. The third-order valence-corrected chi connectivity index (χ3v) is 6.82. The van der Waals surface area contributed by atoms with Gasteiger partial charge in [-0.15, -0.1) is 0 Å². The highest BCUT2D eigenvalue weighted by Crippen LogP contribution is 2.34. The van der Waals surface area contributed by atoms with Gasteiger partial charge in [0.05, 0.1) is 12.4 Å². The lowest BCUT2D eigenvalue weighted by Crippen LogP contribution is -2.26. The molecule has 1 fully saturated rings. The van der Waals surface area contributed by atoms with Gasteiger partial charge in [-0.3, -0.25) is 14.2 Å². The second-order valence-corrected chi connectivity index (χ2v) is 9.02. The molecule has 1 aliphatic carbocycles. The highest BCUT2D eigenvalue weighted by molar-refractivity contribution is 7.99. The van der Waals surface area contributed by atoms with Crippen LogP contribution in [0.2, 0.25) is 0 Å². The average molecular weight is 464 g/mol. The van der Waals surface area contributed by atoms with Gasteiger partial charge in [-0.05, 0) is 56.2 Å². The van der Waals surface area contributed by atoms with Crippen LogP contribution in [0.5, 0.6) is 5.75 Å². The van der Waals surface area contributed by atoms with Crippen molar-refractivity contribution in [2.45, 2.75) is 43.8 Å². The van der Waals surface area contributed by atoms with Gasteiger partial charge in [0, 0.05) is 17.1 Å². The Bertz CT molecular complexity index is 1350. The summed E-state index contributed by atoms with van der Waals surface area (Å²) in [6.45, 7) is 2.52. The van der Waals surface area contributed by atoms with Crippen molar-refractivity contribution in [2.75, 3.05) is 17.7 Å². The Hall–Kier alpha value is -3.26. The van der Waals surface area contributed by atoms with E-state index in [-0.39, 0.29) is 28.8 Å². The molecule has 0 aliphatic heterocycles. The molecule has 2 heterocycles. The van der Waals surface area contributed by atoms with Crippen LogP contribution >= 0.6 is 11.8 Å². The summed E-state index contributed by atoms with van der Waals surface area (Å²) in [5, 5.41) is 4.27. The molecule has 1 amide bonds. The van der Waals surface area contributed by atoms with Crippen LogP contribution in [0.25, 0.3) is 22.1 Å². The van der Waals surface area contributed by atoms with Gasteiger partial charge in [-0.25, -0.2) is 4.98 Å². The predicted octanol–water partition coefficient (Wildman–Crippen LogP) is 5.39. The van der Waals surface area contributed by atoms with Gasteiger partial charge in [-0.2, -0.15) is 0 Å². The SMILES string of the molecule is CCOc1ccc(NC(=O)CSc2nc3c(oc4ccccc43)c(=O)n2C2CCCC2)cc1. The molecule has 1 aliphatic rings. The monoisotopic (exact) mass is 463 g/mol. The maximum Gasteiger partial charge on any atom is 0.298 e. The Morgan fingerprint density at radius 1 is 1.18 bits per heavy atom. The number of para-hydroxylation sites is 1. The number of benzene rings is 2. The smallest absolute Gasteiger partial charge is 0.298 e.